The molecule has 1 aromatic heterocycles. The Kier molecular flexibility index (Phi) is 5.65. The van der Waals surface area contributed by atoms with Gasteiger partial charge in [-0.2, -0.15) is 0 Å². The molecular weight excluding hydrogens is 320 g/mol. The third-order valence-electron chi connectivity index (χ3n) is 4.34. The van der Waals surface area contributed by atoms with Gasteiger partial charge in [0.1, 0.15) is 23.7 Å². The minimum Gasteiger partial charge on any atom is -0.492 e. The summed E-state index contributed by atoms with van der Waals surface area (Å²) in [5.74, 6) is 1.06. The SMILES string of the molecule is Cc1nonc1CN(C)Cc1ccc(OCCN2CCCC2=O)cc1. The normalized spacial score (nSPS) is 14.5. The molecule has 134 valence electrons. The van der Waals surface area contributed by atoms with Crippen molar-refractivity contribution in [2.24, 2.45) is 0 Å². The van der Waals surface area contributed by atoms with Crippen LogP contribution in [0.15, 0.2) is 28.9 Å². The van der Waals surface area contributed by atoms with Crippen LogP contribution in [-0.2, 0) is 17.9 Å². The fourth-order valence-electron chi connectivity index (χ4n) is 2.92. The molecule has 7 heteroatoms. The molecule has 0 spiro atoms. The van der Waals surface area contributed by atoms with Gasteiger partial charge in [0.25, 0.3) is 0 Å². The Hall–Kier alpha value is -2.41. The van der Waals surface area contributed by atoms with Crippen LogP contribution in [0, 0.1) is 6.92 Å². The second-order valence-electron chi connectivity index (χ2n) is 6.45. The Morgan fingerprint density at radius 2 is 2.04 bits per heavy atom. The number of amides is 1. The summed E-state index contributed by atoms with van der Waals surface area (Å²) >= 11 is 0. The molecule has 2 aromatic rings. The van der Waals surface area contributed by atoms with Gasteiger partial charge < -0.3 is 9.64 Å². The Bertz CT molecular complexity index is 699. The number of benzene rings is 1. The van der Waals surface area contributed by atoms with Gasteiger partial charge in [-0.15, -0.1) is 0 Å². The highest BCUT2D eigenvalue weighted by molar-refractivity contribution is 5.78. The number of hydrogen-bond acceptors (Lipinski definition) is 6. The Morgan fingerprint density at radius 1 is 1.24 bits per heavy atom. The first-order valence-electron chi connectivity index (χ1n) is 8.58. The largest absolute Gasteiger partial charge is 0.492 e. The van der Waals surface area contributed by atoms with Crippen molar-refractivity contribution in [1.29, 1.82) is 0 Å². The molecule has 1 amide bonds. The lowest BCUT2D eigenvalue weighted by Crippen LogP contribution is -2.29. The Labute approximate surface area is 147 Å². The van der Waals surface area contributed by atoms with E-state index in [0.29, 0.717) is 26.1 Å². The summed E-state index contributed by atoms with van der Waals surface area (Å²) in [5, 5.41) is 7.70. The van der Waals surface area contributed by atoms with E-state index in [0.717, 1.165) is 36.6 Å². The third-order valence-corrected chi connectivity index (χ3v) is 4.34. The van der Waals surface area contributed by atoms with Crippen molar-refractivity contribution in [1.82, 2.24) is 20.1 Å². The van der Waals surface area contributed by atoms with Crippen LogP contribution in [0.4, 0.5) is 0 Å². The first-order chi connectivity index (χ1) is 12.1. The molecule has 1 saturated heterocycles. The van der Waals surface area contributed by atoms with Crippen LogP contribution in [0.3, 0.4) is 0 Å². The first-order valence-corrected chi connectivity index (χ1v) is 8.58. The van der Waals surface area contributed by atoms with E-state index in [9.17, 15) is 4.79 Å². The summed E-state index contributed by atoms with van der Waals surface area (Å²) in [5.41, 5.74) is 2.88. The van der Waals surface area contributed by atoms with Gasteiger partial charge in [-0.3, -0.25) is 9.69 Å². The van der Waals surface area contributed by atoms with E-state index in [1.165, 1.54) is 5.56 Å². The summed E-state index contributed by atoms with van der Waals surface area (Å²) in [7, 11) is 2.03. The standard InChI is InChI=1S/C18H24N4O3/c1-14-17(20-25-19-14)13-21(2)12-15-5-7-16(8-6-15)24-11-10-22-9-3-4-18(22)23/h5-8H,3-4,9-13H2,1-2H3. The van der Waals surface area contributed by atoms with Gasteiger partial charge in [0.15, 0.2) is 0 Å². The second kappa shape index (κ2) is 8.11. The molecule has 3 rings (SSSR count). The summed E-state index contributed by atoms with van der Waals surface area (Å²) in [6.45, 7) is 5.43. The average Bonchev–Trinajstić information content (AvgIpc) is 3.18. The van der Waals surface area contributed by atoms with Crippen LogP contribution in [0.5, 0.6) is 5.75 Å². The number of aromatic nitrogens is 2. The lowest BCUT2D eigenvalue weighted by molar-refractivity contribution is -0.128. The molecule has 0 radical (unpaired) electrons. The molecule has 1 fully saturated rings. The lowest BCUT2D eigenvalue weighted by Gasteiger charge is -2.17. The van der Waals surface area contributed by atoms with Crippen LogP contribution < -0.4 is 4.74 Å². The average molecular weight is 344 g/mol. The van der Waals surface area contributed by atoms with E-state index >= 15 is 0 Å². The third kappa shape index (κ3) is 4.79. The molecule has 0 atom stereocenters. The van der Waals surface area contributed by atoms with Crippen LogP contribution in [-0.4, -0.2) is 52.8 Å². The Morgan fingerprint density at radius 3 is 2.68 bits per heavy atom. The van der Waals surface area contributed by atoms with Gasteiger partial charge in [-0.1, -0.05) is 22.4 Å². The molecule has 0 bridgehead atoms. The van der Waals surface area contributed by atoms with Gasteiger partial charge in [-0.25, -0.2) is 4.63 Å². The summed E-state index contributed by atoms with van der Waals surface area (Å²) in [6, 6.07) is 8.05. The van der Waals surface area contributed by atoms with Gasteiger partial charge in [0.2, 0.25) is 5.91 Å². The molecule has 25 heavy (non-hydrogen) atoms. The minimum absolute atomic E-state index is 0.236. The number of hydrogen-bond donors (Lipinski definition) is 0. The molecule has 1 aliphatic rings. The van der Waals surface area contributed by atoms with Gasteiger partial charge >= 0.3 is 0 Å². The first kappa shape index (κ1) is 17.4. The molecule has 7 nitrogen and oxygen atoms in total. The fraction of sp³-hybridized carbons (Fsp3) is 0.500. The highest BCUT2D eigenvalue weighted by Crippen LogP contribution is 2.15. The van der Waals surface area contributed by atoms with Gasteiger partial charge in [0.05, 0.1) is 6.54 Å². The maximum atomic E-state index is 11.6. The van der Waals surface area contributed by atoms with Crippen molar-refractivity contribution in [3.63, 3.8) is 0 Å². The van der Waals surface area contributed by atoms with Crippen molar-refractivity contribution < 1.29 is 14.2 Å². The number of carbonyl (C=O) groups is 1. The molecule has 0 unspecified atom stereocenters. The van der Waals surface area contributed by atoms with E-state index in [4.69, 9.17) is 9.37 Å². The molecule has 0 N–H and O–H groups in total. The predicted molar refractivity (Wildman–Crippen MR) is 92.0 cm³/mol. The van der Waals surface area contributed by atoms with Crippen molar-refractivity contribution in [3.8, 4) is 5.75 Å². The van der Waals surface area contributed by atoms with Crippen LogP contribution in [0.25, 0.3) is 0 Å². The highest BCUT2D eigenvalue weighted by Gasteiger charge is 2.19. The second-order valence-corrected chi connectivity index (χ2v) is 6.45. The predicted octanol–water partition coefficient (Wildman–Crippen LogP) is 2.01. The molecule has 1 aromatic carbocycles. The Balaban J connectivity index is 1.43. The number of aryl methyl sites for hydroxylation is 1. The molecule has 0 aliphatic carbocycles. The van der Waals surface area contributed by atoms with Crippen molar-refractivity contribution in [2.75, 3.05) is 26.7 Å². The maximum Gasteiger partial charge on any atom is 0.222 e. The van der Waals surface area contributed by atoms with Gasteiger partial charge in [-0.05, 0) is 38.1 Å². The molecule has 1 aliphatic heterocycles. The topological polar surface area (TPSA) is 71.7 Å². The van der Waals surface area contributed by atoms with E-state index in [1.807, 2.05) is 31.0 Å². The number of ether oxygens (including phenoxy) is 1. The van der Waals surface area contributed by atoms with E-state index in [-0.39, 0.29) is 5.91 Å². The van der Waals surface area contributed by atoms with Crippen molar-refractivity contribution in [2.45, 2.75) is 32.9 Å². The minimum atomic E-state index is 0.236. The number of likely N-dealkylation sites (tertiary alicyclic amines) is 1. The molecule has 2 heterocycles. The molecule has 0 saturated carbocycles. The summed E-state index contributed by atoms with van der Waals surface area (Å²) in [6.07, 6.45) is 1.64. The monoisotopic (exact) mass is 344 g/mol. The highest BCUT2D eigenvalue weighted by atomic mass is 16.6. The van der Waals surface area contributed by atoms with Crippen molar-refractivity contribution in [3.05, 3.63) is 41.2 Å². The zero-order valence-electron chi connectivity index (χ0n) is 14.8. The van der Waals surface area contributed by atoms with E-state index in [2.05, 4.69) is 27.3 Å². The maximum absolute atomic E-state index is 11.6. The zero-order valence-corrected chi connectivity index (χ0v) is 14.8. The van der Waals surface area contributed by atoms with Crippen LogP contribution in [0.2, 0.25) is 0 Å². The van der Waals surface area contributed by atoms with Crippen LogP contribution in [0.1, 0.15) is 29.8 Å². The zero-order chi connectivity index (χ0) is 17.6. The van der Waals surface area contributed by atoms with E-state index < -0.39 is 0 Å². The number of nitrogens with zero attached hydrogens (tertiary/aromatic N) is 4. The van der Waals surface area contributed by atoms with Gasteiger partial charge in [0, 0.05) is 26.1 Å². The lowest BCUT2D eigenvalue weighted by atomic mass is 10.2. The van der Waals surface area contributed by atoms with Crippen molar-refractivity contribution >= 4 is 5.91 Å². The smallest absolute Gasteiger partial charge is 0.222 e. The summed E-state index contributed by atoms with van der Waals surface area (Å²) < 4.78 is 10.5. The summed E-state index contributed by atoms with van der Waals surface area (Å²) in [4.78, 5) is 15.6. The quantitative estimate of drug-likeness (QED) is 0.729. The van der Waals surface area contributed by atoms with Crippen LogP contribution >= 0.6 is 0 Å². The number of rotatable bonds is 8. The molecular formula is C18H24N4O3. The fourth-order valence-corrected chi connectivity index (χ4v) is 2.92. The number of carbonyl (C=O) groups excluding carboxylic acids is 1. The van der Waals surface area contributed by atoms with E-state index in [1.54, 1.807) is 0 Å².